The maximum absolute atomic E-state index is 13.5. The second-order valence-corrected chi connectivity index (χ2v) is 13.5. The molecule has 2 aliphatic rings. The van der Waals surface area contributed by atoms with Gasteiger partial charge < -0.3 is 4.74 Å². The van der Waals surface area contributed by atoms with Crippen molar-refractivity contribution >= 4 is 32.3 Å². The normalized spacial score (nSPS) is 22.8. The Labute approximate surface area is 232 Å². The van der Waals surface area contributed by atoms with E-state index in [1.165, 1.54) is 23.5 Å². The second kappa shape index (κ2) is 10.4. The molecular formula is C28H32FN5O3S2. The number of piperazine rings is 1. The lowest BCUT2D eigenvalue weighted by molar-refractivity contribution is -0.0216. The van der Waals surface area contributed by atoms with Crippen molar-refractivity contribution in [3.63, 3.8) is 0 Å². The zero-order valence-electron chi connectivity index (χ0n) is 22.2. The number of hydrogen-bond acceptors (Lipinski definition) is 7. The van der Waals surface area contributed by atoms with Gasteiger partial charge in [0.2, 0.25) is 0 Å². The van der Waals surface area contributed by atoms with Crippen LogP contribution < -0.4 is 0 Å². The molecule has 0 radical (unpaired) electrons. The molecule has 2 fully saturated rings. The van der Waals surface area contributed by atoms with Crippen molar-refractivity contribution in [2.75, 3.05) is 33.3 Å². The van der Waals surface area contributed by atoms with Crippen LogP contribution in [-0.4, -0.2) is 71.8 Å². The van der Waals surface area contributed by atoms with Crippen molar-refractivity contribution in [2.24, 2.45) is 5.92 Å². The number of fused-ring (bicyclic) bond motifs is 1. The minimum absolute atomic E-state index is 0.103. The van der Waals surface area contributed by atoms with Crippen LogP contribution in [0.25, 0.3) is 16.6 Å². The fraction of sp³-hybridized carbons (Fsp3) is 0.429. The largest absolute Gasteiger partial charge is 0.381 e. The van der Waals surface area contributed by atoms with E-state index >= 15 is 0 Å². The number of ether oxygens (including phenoxy) is 1. The fourth-order valence-electron chi connectivity index (χ4n) is 5.81. The highest BCUT2D eigenvalue weighted by molar-refractivity contribution is 7.89. The first-order valence-electron chi connectivity index (χ1n) is 13.2. The van der Waals surface area contributed by atoms with Crippen LogP contribution in [-0.2, 0) is 14.8 Å². The van der Waals surface area contributed by atoms with Crippen molar-refractivity contribution < 1.29 is 17.5 Å². The molecule has 0 bridgehead atoms. The Hall–Kier alpha value is -2.70. The van der Waals surface area contributed by atoms with E-state index in [-0.39, 0.29) is 16.9 Å². The van der Waals surface area contributed by atoms with Gasteiger partial charge in [0, 0.05) is 50.1 Å². The first-order chi connectivity index (χ1) is 18.7. The Balaban J connectivity index is 1.35. The molecule has 0 N–H and O–H groups in total. The van der Waals surface area contributed by atoms with E-state index in [1.54, 1.807) is 28.9 Å². The SMILES string of the molecule is COC1CC(CN2CCN(S(=O)(=O)c3csc(C)n3)C[C@@H]2c2cc3cnn(-c4ccc(F)cc4)c3cc2C)C1. The Morgan fingerprint density at radius 2 is 1.90 bits per heavy atom. The average molecular weight is 570 g/mol. The Kier molecular flexibility index (Phi) is 7.05. The average Bonchev–Trinajstić information content (AvgIpc) is 3.52. The maximum Gasteiger partial charge on any atom is 0.261 e. The second-order valence-electron chi connectivity index (χ2n) is 10.6. The molecule has 11 heteroatoms. The summed E-state index contributed by atoms with van der Waals surface area (Å²) < 4.78 is 49.5. The molecule has 2 aromatic heterocycles. The molecule has 1 aliphatic heterocycles. The molecule has 0 spiro atoms. The van der Waals surface area contributed by atoms with Crippen molar-refractivity contribution in [1.29, 1.82) is 0 Å². The minimum Gasteiger partial charge on any atom is -0.381 e. The van der Waals surface area contributed by atoms with Crippen LogP contribution in [0.3, 0.4) is 0 Å². The number of sulfonamides is 1. The van der Waals surface area contributed by atoms with E-state index in [9.17, 15) is 12.8 Å². The molecule has 1 aliphatic carbocycles. The van der Waals surface area contributed by atoms with Gasteiger partial charge in [0.25, 0.3) is 10.0 Å². The quantitative estimate of drug-likeness (QED) is 0.321. The third-order valence-electron chi connectivity index (χ3n) is 8.06. The summed E-state index contributed by atoms with van der Waals surface area (Å²) in [6.07, 6.45) is 4.19. The standard InChI is InChI=1S/C28H32FN5O3S2/c1-18-10-26-21(14-30-34(26)23-6-4-22(29)5-7-23)13-25(18)27-16-33(39(35,36)28-17-38-19(2)31-28)9-8-32(27)15-20-11-24(12-20)37-3/h4-7,10,13-14,17,20,24,27H,8-9,11-12,15-16H2,1-3H3/t20?,24?,27-/m1/s1. The highest BCUT2D eigenvalue weighted by atomic mass is 32.2. The van der Waals surface area contributed by atoms with Crippen LogP contribution in [0.15, 0.2) is 53.0 Å². The molecule has 8 nitrogen and oxygen atoms in total. The van der Waals surface area contributed by atoms with Gasteiger partial charge in [-0.2, -0.15) is 9.40 Å². The minimum atomic E-state index is -3.69. The Morgan fingerprint density at radius 1 is 1.13 bits per heavy atom. The molecule has 6 rings (SSSR count). The van der Waals surface area contributed by atoms with Gasteiger partial charge in [-0.1, -0.05) is 0 Å². The van der Waals surface area contributed by atoms with Gasteiger partial charge >= 0.3 is 0 Å². The van der Waals surface area contributed by atoms with Crippen LogP contribution in [0.1, 0.15) is 35.0 Å². The lowest BCUT2D eigenvalue weighted by Crippen LogP contribution is -2.52. The molecule has 206 valence electrons. The van der Waals surface area contributed by atoms with Gasteiger partial charge in [0.05, 0.1) is 28.5 Å². The van der Waals surface area contributed by atoms with Crippen molar-refractivity contribution in [3.8, 4) is 5.69 Å². The monoisotopic (exact) mass is 569 g/mol. The van der Waals surface area contributed by atoms with Crippen molar-refractivity contribution in [2.45, 2.75) is 43.9 Å². The highest BCUT2D eigenvalue weighted by Crippen LogP contribution is 2.37. The molecule has 4 aromatic rings. The van der Waals surface area contributed by atoms with Gasteiger partial charge in [0.15, 0.2) is 5.03 Å². The number of aryl methyl sites for hydroxylation is 2. The number of aromatic nitrogens is 3. The third-order valence-corrected chi connectivity index (χ3v) is 10.7. The van der Waals surface area contributed by atoms with Crippen LogP contribution in [0.5, 0.6) is 0 Å². The summed E-state index contributed by atoms with van der Waals surface area (Å²) >= 11 is 1.35. The molecule has 2 aromatic carbocycles. The first kappa shape index (κ1) is 26.5. The zero-order valence-corrected chi connectivity index (χ0v) is 23.9. The van der Waals surface area contributed by atoms with E-state index in [0.29, 0.717) is 31.7 Å². The van der Waals surface area contributed by atoms with E-state index in [1.807, 2.05) is 17.8 Å². The van der Waals surface area contributed by atoms with Gasteiger partial charge in [-0.3, -0.25) is 4.90 Å². The van der Waals surface area contributed by atoms with Gasteiger partial charge in [-0.05, 0) is 80.1 Å². The smallest absolute Gasteiger partial charge is 0.261 e. The number of nitrogens with zero attached hydrogens (tertiary/aromatic N) is 5. The lowest BCUT2D eigenvalue weighted by Gasteiger charge is -2.45. The highest BCUT2D eigenvalue weighted by Gasteiger charge is 2.39. The number of rotatable bonds is 7. The molecule has 0 unspecified atom stereocenters. The summed E-state index contributed by atoms with van der Waals surface area (Å²) in [5.74, 6) is 0.244. The summed E-state index contributed by atoms with van der Waals surface area (Å²) in [6, 6.07) is 10.4. The predicted molar refractivity (Wildman–Crippen MR) is 149 cm³/mol. The summed E-state index contributed by atoms with van der Waals surface area (Å²) in [4.78, 5) is 6.72. The number of halogens is 1. The zero-order chi connectivity index (χ0) is 27.3. The van der Waals surface area contributed by atoms with Crippen LogP contribution >= 0.6 is 11.3 Å². The molecular weight excluding hydrogens is 537 g/mol. The van der Waals surface area contributed by atoms with E-state index < -0.39 is 10.0 Å². The lowest BCUT2D eigenvalue weighted by atomic mass is 9.81. The molecule has 0 amide bonds. The Bertz CT molecular complexity index is 1600. The molecule has 39 heavy (non-hydrogen) atoms. The number of benzene rings is 2. The maximum atomic E-state index is 13.5. The number of hydrogen-bond donors (Lipinski definition) is 0. The van der Waals surface area contributed by atoms with E-state index in [2.05, 4.69) is 34.0 Å². The topological polar surface area (TPSA) is 80.6 Å². The van der Waals surface area contributed by atoms with Crippen molar-refractivity contribution in [3.05, 3.63) is 69.9 Å². The summed E-state index contributed by atoms with van der Waals surface area (Å²) in [6.45, 7) is 6.23. The summed E-state index contributed by atoms with van der Waals surface area (Å²) in [7, 11) is -1.93. The van der Waals surface area contributed by atoms with Gasteiger partial charge in [0.1, 0.15) is 5.82 Å². The molecule has 3 heterocycles. The molecule has 1 saturated heterocycles. The summed E-state index contributed by atoms with van der Waals surface area (Å²) in [5, 5.41) is 8.04. The predicted octanol–water partition coefficient (Wildman–Crippen LogP) is 4.71. The third kappa shape index (κ3) is 5.02. The first-order valence-corrected chi connectivity index (χ1v) is 15.5. The summed E-state index contributed by atoms with van der Waals surface area (Å²) in [5.41, 5.74) is 3.87. The van der Waals surface area contributed by atoms with E-state index in [0.717, 1.165) is 52.1 Å². The van der Waals surface area contributed by atoms with Crippen LogP contribution in [0.4, 0.5) is 4.39 Å². The van der Waals surface area contributed by atoms with Gasteiger partial charge in [-0.15, -0.1) is 11.3 Å². The fourth-order valence-corrected chi connectivity index (χ4v) is 8.15. The van der Waals surface area contributed by atoms with Gasteiger partial charge in [-0.25, -0.2) is 22.5 Å². The Morgan fingerprint density at radius 3 is 2.59 bits per heavy atom. The van der Waals surface area contributed by atoms with Crippen LogP contribution in [0, 0.1) is 25.6 Å². The number of methoxy groups -OCH3 is 1. The van der Waals surface area contributed by atoms with Crippen molar-refractivity contribution in [1.82, 2.24) is 24.0 Å². The van der Waals surface area contributed by atoms with E-state index in [4.69, 9.17) is 4.74 Å². The molecule has 1 saturated carbocycles. The number of thiazole rings is 1. The molecule has 1 atom stereocenters. The van der Waals surface area contributed by atoms with Crippen LogP contribution in [0.2, 0.25) is 0 Å².